The van der Waals surface area contributed by atoms with Crippen molar-refractivity contribution in [1.82, 2.24) is 5.32 Å². The lowest BCUT2D eigenvalue weighted by Gasteiger charge is -2.30. The molecule has 0 aromatic rings. The number of unbranched alkanes of at least 4 members (excludes halogenated alkanes) is 22. The van der Waals surface area contributed by atoms with Gasteiger partial charge in [-0.05, 0) is 102 Å². The molecule has 0 bridgehead atoms. The zero-order valence-electron chi connectivity index (χ0n) is 47.1. The van der Waals surface area contributed by atoms with Gasteiger partial charge in [0, 0.05) is 12.8 Å². The van der Waals surface area contributed by atoms with Gasteiger partial charge in [0.15, 0.2) is 0 Å². The molecular formula is C62H109N2O7P. The Morgan fingerprint density at radius 1 is 0.514 bits per heavy atom. The molecule has 414 valence electrons. The van der Waals surface area contributed by atoms with Crippen molar-refractivity contribution in [2.24, 2.45) is 0 Å². The standard InChI is InChI=1S/C62H109N2O7P/c1-7-10-13-16-19-22-25-28-30-31-32-33-35-36-39-42-45-48-51-54-61(65)63-59(58-70-72(67,68)69-57-56-64(4,5)6)60(53-50-47-44-41-38-27-24-21-18-15-12-9-3)71-62(66)55-52-49-46-43-40-37-34-29-26-23-20-17-14-11-8-2/h10,13,19-20,22-23,26,28-30,32-33,36,39,50,53,59-60H,7-9,11-12,14-18,21,24-25,27,31,34-35,37-38,40-49,51-52,54-58H2,1-6H3,(H-,63,65,67,68)/b13-10-,22-19-,23-20+,29-26+,30-28-,33-32-,39-36-,53-50-. The molecule has 0 spiro atoms. The van der Waals surface area contributed by atoms with E-state index in [2.05, 4.69) is 111 Å². The summed E-state index contributed by atoms with van der Waals surface area (Å²) in [4.78, 5) is 39.9. The van der Waals surface area contributed by atoms with Crippen molar-refractivity contribution in [3.05, 3.63) is 97.2 Å². The van der Waals surface area contributed by atoms with E-state index in [0.29, 0.717) is 23.9 Å². The van der Waals surface area contributed by atoms with Gasteiger partial charge in [-0.15, -0.1) is 0 Å². The van der Waals surface area contributed by atoms with Gasteiger partial charge in [-0.3, -0.25) is 14.2 Å². The number of phosphoric ester groups is 1. The first-order valence-electron chi connectivity index (χ1n) is 29.1. The van der Waals surface area contributed by atoms with Gasteiger partial charge in [0.05, 0.1) is 33.8 Å². The first-order valence-corrected chi connectivity index (χ1v) is 30.5. The second-order valence-corrected chi connectivity index (χ2v) is 21.8. The number of phosphoric acid groups is 1. The summed E-state index contributed by atoms with van der Waals surface area (Å²) in [6.07, 6.45) is 68.0. The number of likely N-dealkylation sites (N-methyl/N-ethyl adjacent to an activating group) is 1. The van der Waals surface area contributed by atoms with E-state index in [9.17, 15) is 19.0 Å². The van der Waals surface area contributed by atoms with Crippen molar-refractivity contribution in [2.45, 2.75) is 245 Å². The fourth-order valence-electron chi connectivity index (χ4n) is 7.77. The molecule has 0 fully saturated rings. The predicted molar refractivity (Wildman–Crippen MR) is 307 cm³/mol. The quantitative estimate of drug-likeness (QED) is 0.0161. The Morgan fingerprint density at radius 3 is 1.46 bits per heavy atom. The largest absolute Gasteiger partial charge is 0.756 e. The molecule has 3 atom stereocenters. The summed E-state index contributed by atoms with van der Waals surface area (Å²) in [5.74, 6) is -0.598. The molecule has 0 aromatic carbocycles. The summed E-state index contributed by atoms with van der Waals surface area (Å²) in [6.45, 7) is 6.64. The molecule has 0 saturated heterocycles. The Hall–Kier alpha value is -3.07. The SMILES string of the molecule is CC/C=C\C/C=C\C/C=C\C/C=C\C/C=C\CCCCCC(=O)NC(COP(=O)([O-])OCC[N+](C)(C)C)C(/C=C\CCCCCCCCCCCC)OC(=O)CCCCCCCC/C=C/C=C/CCCCC. The van der Waals surface area contributed by atoms with E-state index in [1.165, 1.54) is 70.6 Å². The molecule has 10 heteroatoms. The molecule has 0 aromatic heterocycles. The van der Waals surface area contributed by atoms with Crippen LogP contribution in [-0.4, -0.2) is 69.4 Å². The third-order valence-corrected chi connectivity index (χ3v) is 13.2. The third kappa shape index (κ3) is 51.8. The summed E-state index contributed by atoms with van der Waals surface area (Å²) in [7, 11) is 1.14. The molecule has 0 rings (SSSR count). The molecule has 9 nitrogen and oxygen atoms in total. The number of nitrogens with zero attached hydrogens (tertiary/aromatic N) is 1. The molecule has 3 unspecified atom stereocenters. The normalized spacial score (nSPS) is 14.5. The van der Waals surface area contributed by atoms with Crippen LogP contribution in [0.3, 0.4) is 0 Å². The van der Waals surface area contributed by atoms with E-state index < -0.39 is 26.6 Å². The average molecular weight is 1030 g/mol. The number of esters is 1. The van der Waals surface area contributed by atoms with E-state index in [0.717, 1.165) is 116 Å². The van der Waals surface area contributed by atoms with E-state index in [1.54, 1.807) is 0 Å². The molecular weight excluding hydrogens is 916 g/mol. The Morgan fingerprint density at radius 2 is 0.931 bits per heavy atom. The minimum Gasteiger partial charge on any atom is -0.756 e. The van der Waals surface area contributed by atoms with Gasteiger partial charge in [-0.2, -0.15) is 0 Å². The number of quaternary nitrogens is 1. The van der Waals surface area contributed by atoms with Crippen LogP contribution < -0.4 is 10.2 Å². The van der Waals surface area contributed by atoms with Gasteiger partial charge >= 0.3 is 5.97 Å². The van der Waals surface area contributed by atoms with E-state index in [4.69, 9.17) is 13.8 Å². The minimum atomic E-state index is -4.71. The van der Waals surface area contributed by atoms with E-state index in [1.807, 2.05) is 33.3 Å². The minimum absolute atomic E-state index is 0.0357. The van der Waals surface area contributed by atoms with Crippen LogP contribution >= 0.6 is 7.82 Å². The monoisotopic (exact) mass is 1020 g/mol. The van der Waals surface area contributed by atoms with Crippen molar-refractivity contribution in [2.75, 3.05) is 40.9 Å². The van der Waals surface area contributed by atoms with Crippen molar-refractivity contribution >= 4 is 19.7 Å². The second-order valence-electron chi connectivity index (χ2n) is 20.4. The van der Waals surface area contributed by atoms with Crippen molar-refractivity contribution in [3.63, 3.8) is 0 Å². The molecule has 1 amide bonds. The van der Waals surface area contributed by atoms with Crippen LogP contribution in [0.4, 0.5) is 0 Å². The predicted octanol–water partition coefficient (Wildman–Crippen LogP) is 17.0. The number of rotatable bonds is 51. The van der Waals surface area contributed by atoms with Crippen LogP contribution in [0, 0.1) is 0 Å². The highest BCUT2D eigenvalue weighted by atomic mass is 31.2. The number of carbonyl (C=O) groups is 2. The summed E-state index contributed by atoms with van der Waals surface area (Å²) in [6, 6.07) is -0.915. The molecule has 0 saturated carbocycles. The number of hydrogen-bond acceptors (Lipinski definition) is 7. The van der Waals surface area contributed by atoms with Gasteiger partial charge in [0.1, 0.15) is 19.3 Å². The zero-order valence-corrected chi connectivity index (χ0v) is 48.0. The average Bonchev–Trinajstić information content (AvgIpc) is 3.34. The fraction of sp³-hybridized carbons (Fsp3) is 0.710. The topological polar surface area (TPSA) is 114 Å². The number of allylic oxidation sites excluding steroid dienone is 15. The number of hydrogen-bond donors (Lipinski definition) is 1. The van der Waals surface area contributed by atoms with Crippen molar-refractivity contribution in [1.29, 1.82) is 0 Å². The number of nitrogens with one attached hydrogen (secondary N) is 1. The summed E-state index contributed by atoms with van der Waals surface area (Å²) >= 11 is 0. The van der Waals surface area contributed by atoms with Crippen LogP contribution in [0.25, 0.3) is 0 Å². The maximum atomic E-state index is 13.5. The molecule has 0 aliphatic heterocycles. The van der Waals surface area contributed by atoms with Crippen LogP contribution in [-0.2, 0) is 27.9 Å². The lowest BCUT2D eigenvalue weighted by molar-refractivity contribution is -0.870. The molecule has 0 heterocycles. The zero-order chi connectivity index (χ0) is 52.9. The molecule has 0 radical (unpaired) electrons. The fourth-order valence-corrected chi connectivity index (χ4v) is 8.50. The van der Waals surface area contributed by atoms with Crippen molar-refractivity contribution < 1.29 is 37.3 Å². The lowest BCUT2D eigenvalue weighted by Crippen LogP contribution is -2.47. The highest BCUT2D eigenvalue weighted by Gasteiger charge is 2.27. The van der Waals surface area contributed by atoms with Gasteiger partial charge in [0.25, 0.3) is 7.82 Å². The van der Waals surface area contributed by atoms with Gasteiger partial charge in [0.2, 0.25) is 5.91 Å². The summed E-state index contributed by atoms with van der Waals surface area (Å²) in [5, 5.41) is 3.00. The molecule has 0 aliphatic carbocycles. The first-order chi connectivity index (χ1) is 34.9. The maximum absolute atomic E-state index is 13.5. The maximum Gasteiger partial charge on any atom is 0.306 e. The molecule has 1 N–H and O–H groups in total. The number of ether oxygens (including phenoxy) is 1. The van der Waals surface area contributed by atoms with Gasteiger partial charge in [-0.25, -0.2) is 0 Å². The second kappa shape index (κ2) is 51.4. The lowest BCUT2D eigenvalue weighted by atomic mass is 10.0. The van der Waals surface area contributed by atoms with E-state index >= 15 is 0 Å². The Kier molecular flexibility index (Phi) is 49.2. The highest BCUT2D eigenvalue weighted by Crippen LogP contribution is 2.38. The van der Waals surface area contributed by atoms with Crippen LogP contribution in [0.1, 0.15) is 233 Å². The van der Waals surface area contributed by atoms with Crippen LogP contribution in [0.5, 0.6) is 0 Å². The molecule has 0 aliphatic rings. The first kappa shape index (κ1) is 68.9. The summed E-state index contributed by atoms with van der Waals surface area (Å²) < 4.78 is 30.2. The van der Waals surface area contributed by atoms with Gasteiger partial charge in [-0.1, -0.05) is 215 Å². The van der Waals surface area contributed by atoms with Crippen LogP contribution in [0.15, 0.2) is 97.2 Å². The number of amides is 1. The Balaban J connectivity index is 5.42. The van der Waals surface area contributed by atoms with Crippen LogP contribution in [0.2, 0.25) is 0 Å². The highest BCUT2D eigenvalue weighted by molar-refractivity contribution is 7.45. The Bertz CT molecular complexity index is 1560. The number of carbonyl (C=O) groups excluding carboxylic acids is 2. The van der Waals surface area contributed by atoms with Crippen molar-refractivity contribution in [3.8, 4) is 0 Å². The van der Waals surface area contributed by atoms with Gasteiger partial charge < -0.3 is 28.5 Å². The Labute approximate surface area is 443 Å². The smallest absolute Gasteiger partial charge is 0.306 e. The summed E-state index contributed by atoms with van der Waals surface area (Å²) in [5.41, 5.74) is 0. The molecule has 72 heavy (non-hydrogen) atoms. The third-order valence-electron chi connectivity index (χ3n) is 12.3. The van der Waals surface area contributed by atoms with E-state index in [-0.39, 0.29) is 31.3 Å².